The molecule has 0 fully saturated rings. The molecule has 1 aromatic carbocycles. The van der Waals surface area contributed by atoms with Gasteiger partial charge >= 0.3 is 0 Å². The highest BCUT2D eigenvalue weighted by molar-refractivity contribution is 6.33. The molecule has 0 aliphatic rings. The Hall–Kier alpha value is -2.47. The Kier molecular flexibility index (Phi) is 6.69. The van der Waals surface area contributed by atoms with Gasteiger partial charge in [-0.2, -0.15) is 0 Å². The van der Waals surface area contributed by atoms with Crippen molar-refractivity contribution in [2.45, 2.75) is 33.1 Å². The standard InChI is InChI=1S/C19H23ClN4O2/c1-5-13-8-6-7-9-15(13)22-16(25)11-24(4)19(26)17-14(20)10-21-18(23-17)12(2)3/h6-10,12H,5,11H2,1-4H3,(H,22,25). The van der Waals surface area contributed by atoms with E-state index in [2.05, 4.69) is 15.3 Å². The van der Waals surface area contributed by atoms with Gasteiger partial charge in [0.15, 0.2) is 5.69 Å². The molecule has 0 aliphatic carbocycles. The average molecular weight is 375 g/mol. The summed E-state index contributed by atoms with van der Waals surface area (Å²) in [7, 11) is 1.54. The lowest BCUT2D eigenvalue weighted by Gasteiger charge is -2.18. The maximum absolute atomic E-state index is 12.6. The van der Waals surface area contributed by atoms with Crippen LogP contribution in [0.25, 0.3) is 0 Å². The highest BCUT2D eigenvalue weighted by Gasteiger charge is 2.21. The van der Waals surface area contributed by atoms with E-state index >= 15 is 0 Å². The van der Waals surface area contributed by atoms with Gasteiger partial charge in [0.25, 0.3) is 5.91 Å². The average Bonchev–Trinajstić information content (AvgIpc) is 2.61. The first kappa shape index (κ1) is 19.8. The smallest absolute Gasteiger partial charge is 0.274 e. The zero-order valence-electron chi connectivity index (χ0n) is 15.4. The summed E-state index contributed by atoms with van der Waals surface area (Å²) in [5.41, 5.74) is 1.90. The van der Waals surface area contributed by atoms with Crippen LogP contribution in [0.1, 0.15) is 48.6 Å². The van der Waals surface area contributed by atoms with Gasteiger partial charge in [0, 0.05) is 18.7 Å². The summed E-state index contributed by atoms with van der Waals surface area (Å²) in [6, 6.07) is 7.58. The van der Waals surface area contributed by atoms with Gasteiger partial charge in [-0.05, 0) is 18.1 Å². The molecule has 1 heterocycles. The summed E-state index contributed by atoms with van der Waals surface area (Å²) < 4.78 is 0. The maximum atomic E-state index is 12.6. The van der Waals surface area contributed by atoms with Crippen LogP contribution >= 0.6 is 11.6 Å². The minimum absolute atomic E-state index is 0.0676. The van der Waals surface area contributed by atoms with Gasteiger partial charge in [-0.15, -0.1) is 0 Å². The summed E-state index contributed by atoms with van der Waals surface area (Å²) in [6.07, 6.45) is 2.22. The maximum Gasteiger partial charge on any atom is 0.274 e. The zero-order chi connectivity index (χ0) is 19.3. The summed E-state index contributed by atoms with van der Waals surface area (Å²) in [4.78, 5) is 34.6. The third-order valence-electron chi connectivity index (χ3n) is 3.88. The molecule has 6 nitrogen and oxygen atoms in total. The van der Waals surface area contributed by atoms with E-state index in [4.69, 9.17) is 11.6 Å². The molecular weight excluding hydrogens is 352 g/mol. The molecule has 2 rings (SSSR count). The van der Waals surface area contributed by atoms with Crippen LogP contribution in [-0.4, -0.2) is 40.3 Å². The molecule has 0 radical (unpaired) electrons. The van der Waals surface area contributed by atoms with E-state index in [1.807, 2.05) is 45.0 Å². The van der Waals surface area contributed by atoms with Gasteiger partial charge in [-0.1, -0.05) is 50.6 Å². The molecule has 2 amide bonds. The number of amides is 2. The van der Waals surface area contributed by atoms with E-state index in [1.165, 1.54) is 11.1 Å². The fourth-order valence-electron chi connectivity index (χ4n) is 2.42. The Morgan fingerprint density at radius 2 is 1.96 bits per heavy atom. The number of benzene rings is 1. The molecule has 0 bridgehead atoms. The van der Waals surface area contributed by atoms with E-state index in [-0.39, 0.29) is 29.1 Å². The van der Waals surface area contributed by atoms with Crippen LogP contribution < -0.4 is 5.32 Å². The van der Waals surface area contributed by atoms with Crippen LogP contribution in [0.4, 0.5) is 5.69 Å². The van der Waals surface area contributed by atoms with Crippen molar-refractivity contribution in [3.05, 3.63) is 52.6 Å². The van der Waals surface area contributed by atoms with Gasteiger partial charge in [0.2, 0.25) is 5.91 Å². The number of carbonyl (C=O) groups excluding carboxylic acids is 2. The molecule has 138 valence electrons. The third kappa shape index (κ3) is 4.79. The zero-order valence-corrected chi connectivity index (χ0v) is 16.2. The summed E-state index contributed by atoms with van der Waals surface area (Å²) in [6.45, 7) is 5.78. The Morgan fingerprint density at radius 1 is 1.27 bits per heavy atom. The molecule has 0 saturated heterocycles. The molecule has 1 N–H and O–H groups in total. The van der Waals surface area contributed by atoms with Crippen LogP contribution in [0.2, 0.25) is 5.02 Å². The largest absolute Gasteiger partial charge is 0.331 e. The number of para-hydroxylation sites is 1. The minimum atomic E-state index is -0.418. The number of rotatable bonds is 6. The normalized spacial score (nSPS) is 10.7. The SMILES string of the molecule is CCc1ccccc1NC(=O)CN(C)C(=O)c1nc(C(C)C)ncc1Cl. The van der Waals surface area contributed by atoms with Crippen molar-refractivity contribution < 1.29 is 9.59 Å². The predicted molar refractivity (Wildman–Crippen MR) is 103 cm³/mol. The highest BCUT2D eigenvalue weighted by Crippen LogP contribution is 2.18. The van der Waals surface area contributed by atoms with Crippen LogP contribution in [0.3, 0.4) is 0 Å². The third-order valence-corrected chi connectivity index (χ3v) is 4.16. The second kappa shape index (κ2) is 8.76. The second-order valence-corrected chi connectivity index (χ2v) is 6.71. The van der Waals surface area contributed by atoms with Crippen LogP contribution in [-0.2, 0) is 11.2 Å². The molecule has 7 heteroatoms. The van der Waals surface area contributed by atoms with E-state index in [0.29, 0.717) is 5.82 Å². The second-order valence-electron chi connectivity index (χ2n) is 6.30. The Labute approximate surface area is 158 Å². The number of likely N-dealkylation sites (N-methyl/N-ethyl adjacent to an activating group) is 1. The first-order chi connectivity index (χ1) is 12.3. The fourth-order valence-corrected chi connectivity index (χ4v) is 2.59. The predicted octanol–water partition coefficient (Wildman–Crippen LogP) is 3.53. The van der Waals surface area contributed by atoms with Crippen molar-refractivity contribution >= 4 is 29.1 Å². The number of aryl methyl sites for hydroxylation is 1. The Bertz CT molecular complexity index is 808. The molecule has 0 aliphatic heterocycles. The van der Waals surface area contributed by atoms with Crippen molar-refractivity contribution in [2.24, 2.45) is 0 Å². The number of hydrogen-bond acceptors (Lipinski definition) is 4. The number of aromatic nitrogens is 2. The number of carbonyl (C=O) groups is 2. The molecule has 2 aromatic rings. The monoisotopic (exact) mass is 374 g/mol. The van der Waals surface area contributed by atoms with Gasteiger partial charge < -0.3 is 10.2 Å². The fraction of sp³-hybridized carbons (Fsp3) is 0.368. The van der Waals surface area contributed by atoms with Crippen LogP contribution in [0, 0.1) is 0 Å². The van der Waals surface area contributed by atoms with Crippen molar-refractivity contribution in [2.75, 3.05) is 18.9 Å². The Morgan fingerprint density at radius 3 is 2.62 bits per heavy atom. The van der Waals surface area contributed by atoms with Crippen molar-refractivity contribution in [1.82, 2.24) is 14.9 Å². The number of nitrogens with one attached hydrogen (secondary N) is 1. The lowest BCUT2D eigenvalue weighted by Crippen LogP contribution is -2.35. The quantitative estimate of drug-likeness (QED) is 0.839. The van der Waals surface area contributed by atoms with Crippen molar-refractivity contribution in [3.8, 4) is 0 Å². The number of nitrogens with zero attached hydrogens (tertiary/aromatic N) is 3. The lowest BCUT2D eigenvalue weighted by molar-refractivity contribution is -0.116. The van der Waals surface area contributed by atoms with E-state index in [1.54, 1.807) is 7.05 Å². The first-order valence-electron chi connectivity index (χ1n) is 8.49. The lowest BCUT2D eigenvalue weighted by atomic mass is 10.1. The van der Waals surface area contributed by atoms with Gasteiger partial charge in [0.05, 0.1) is 17.8 Å². The molecule has 1 aromatic heterocycles. The Balaban J connectivity index is 2.09. The molecular formula is C19H23ClN4O2. The number of hydrogen-bond donors (Lipinski definition) is 1. The number of halogens is 1. The minimum Gasteiger partial charge on any atom is -0.331 e. The summed E-state index contributed by atoms with van der Waals surface area (Å²) >= 11 is 6.07. The first-order valence-corrected chi connectivity index (χ1v) is 8.86. The summed E-state index contributed by atoms with van der Waals surface area (Å²) in [5.74, 6) is -0.0975. The molecule has 26 heavy (non-hydrogen) atoms. The molecule has 0 saturated carbocycles. The van der Waals surface area contributed by atoms with Gasteiger partial charge in [-0.25, -0.2) is 9.97 Å². The van der Waals surface area contributed by atoms with Gasteiger partial charge in [0.1, 0.15) is 5.82 Å². The van der Waals surface area contributed by atoms with Crippen molar-refractivity contribution in [3.63, 3.8) is 0 Å². The molecule has 0 unspecified atom stereocenters. The van der Waals surface area contributed by atoms with Gasteiger partial charge in [-0.3, -0.25) is 9.59 Å². The number of anilines is 1. The molecule has 0 atom stereocenters. The van der Waals surface area contributed by atoms with E-state index in [9.17, 15) is 9.59 Å². The van der Waals surface area contributed by atoms with Crippen LogP contribution in [0.15, 0.2) is 30.5 Å². The topological polar surface area (TPSA) is 75.2 Å². The molecule has 0 spiro atoms. The van der Waals surface area contributed by atoms with Crippen LogP contribution in [0.5, 0.6) is 0 Å². The van der Waals surface area contributed by atoms with Crippen molar-refractivity contribution in [1.29, 1.82) is 0 Å². The highest BCUT2D eigenvalue weighted by atomic mass is 35.5. The van der Waals surface area contributed by atoms with E-state index < -0.39 is 5.91 Å². The van der Waals surface area contributed by atoms with E-state index in [0.717, 1.165) is 17.7 Å². The summed E-state index contributed by atoms with van der Waals surface area (Å²) in [5, 5.41) is 3.01.